The molecule has 1 fully saturated rings. The van der Waals surface area contributed by atoms with Crippen LogP contribution in [0.3, 0.4) is 0 Å². The Morgan fingerprint density at radius 1 is 1.53 bits per heavy atom. The molecule has 1 aromatic rings. The summed E-state index contributed by atoms with van der Waals surface area (Å²) < 4.78 is 6.55. The van der Waals surface area contributed by atoms with Gasteiger partial charge in [0.15, 0.2) is 4.67 Å². The second-order valence-electron chi connectivity index (χ2n) is 5.46. The standard InChI is InChI=1S/C15H25BrN2O/c1-3-4-10-18(11-13-6-5-9-17-13)12(2)14-7-8-15(16)19-14/h7-8,12-13,17H,3-6,9-11H2,1-2H3. The number of nitrogens with zero attached hydrogens (tertiary/aromatic N) is 1. The van der Waals surface area contributed by atoms with E-state index in [0.29, 0.717) is 12.1 Å². The molecule has 1 N–H and O–H groups in total. The third-order valence-corrected chi connectivity index (χ3v) is 4.40. The van der Waals surface area contributed by atoms with E-state index in [-0.39, 0.29) is 0 Å². The molecule has 1 aliphatic rings. The lowest BCUT2D eigenvalue weighted by Crippen LogP contribution is -2.39. The van der Waals surface area contributed by atoms with E-state index in [4.69, 9.17) is 4.42 Å². The van der Waals surface area contributed by atoms with E-state index in [2.05, 4.69) is 46.1 Å². The van der Waals surface area contributed by atoms with Crippen LogP contribution < -0.4 is 5.32 Å². The summed E-state index contributed by atoms with van der Waals surface area (Å²) in [6.07, 6.45) is 5.10. The molecule has 2 rings (SSSR count). The highest BCUT2D eigenvalue weighted by atomic mass is 79.9. The molecule has 0 saturated carbocycles. The molecule has 2 unspecified atom stereocenters. The van der Waals surface area contributed by atoms with Gasteiger partial charge in [-0.1, -0.05) is 13.3 Å². The van der Waals surface area contributed by atoms with Gasteiger partial charge in [0, 0.05) is 12.6 Å². The van der Waals surface area contributed by atoms with Gasteiger partial charge in [-0.05, 0) is 67.3 Å². The number of nitrogens with one attached hydrogen (secondary N) is 1. The molecule has 2 heterocycles. The Morgan fingerprint density at radius 3 is 2.95 bits per heavy atom. The van der Waals surface area contributed by atoms with Crippen molar-refractivity contribution in [2.75, 3.05) is 19.6 Å². The molecule has 0 bridgehead atoms. The average molecular weight is 329 g/mol. The highest BCUT2D eigenvalue weighted by Crippen LogP contribution is 2.26. The molecule has 0 spiro atoms. The summed E-state index contributed by atoms with van der Waals surface area (Å²) in [5.41, 5.74) is 0. The number of hydrogen-bond donors (Lipinski definition) is 1. The Labute approximate surface area is 124 Å². The molecule has 0 amide bonds. The van der Waals surface area contributed by atoms with Gasteiger partial charge < -0.3 is 9.73 Å². The van der Waals surface area contributed by atoms with Crippen LogP contribution in [-0.2, 0) is 0 Å². The highest BCUT2D eigenvalue weighted by molar-refractivity contribution is 9.10. The molecule has 19 heavy (non-hydrogen) atoms. The molecule has 2 atom stereocenters. The summed E-state index contributed by atoms with van der Waals surface area (Å²) in [7, 11) is 0. The van der Waals surface area contributed by atoms with Gasteiger partial charge in [-0.3, -0.25) is 4.90 Å². The summed E-state index contributed by atoms with van der Waals surface area (Å²) in [5, 5.41) is 3.59. The Balaban J connectivity index is 1.98. The van der Waals surface area contributed by atoms with Crippen LogP contribution in [0.15, 0.2) is 21.2 Å². The summed E-state index contributed by atoms with van der Waals surface area (Å²) in [6.45, 7) is 7.94. The van der Waals surface area contributed by atoms with Gasteiger partial charge in [-0.15, -0.1) is 0 Å². The van der Waals surface area contributed by atoms with Crippen molar-refractivity contribution >= 4 is 15.9 Å². The minimum Gasteiger partial charge on any atom is -0.453 e. The van der Waals surface area contributed by atoms with Crippen molar-refractivity contribution in [1.29, 1.82) is 0 Å². The van der Waals surface area contributed by atoms with Gasteiger partial charge >= 0.3 is 0 Å². The topological polar surface area (TPSA) is 28.4 Å². The third-order valence-electron chi connectivity index (χ3n) is 3.97. The van der Waals surface area contributed by atoms with E-state index in [1.54, 1.807) is 0 Å². The molecule has 1 saturated heterocycles. The van der Waals surface area contributed by atoms with Crippen LogP contribution in [0.4, 0.5) is 0 Å². The summed E-state index contributed by atoms with van der Waals surface area (Å²) in [5.74, 6) is 1.06. The number of halogens is 1. The van der Waals surface area contributed by atoms with Crippen molar-refractivity contribution in [3.05, 3.63) is 22.6 Å². The highest BCUT2D eigenvalue weighted by Gasteiger charge is 2.23. The van der Waals surface area contributed by atoms with E-state index < -0.39 is 0 Å². The van der Waals surface area contributed by atoms with E-state index in [1.807, 2.05) is 6.07 Å². The lowest BCUT2D eigenvalue weighted by Gasteiger charge is -2.30. The Bertz CT molecular complexity index is 374. The second-order valence-corrected chi connectivity index (χ2v) is 6.24. The van der Waals surface area contributed by atoms with Gasteiger partial charge in [-0.2, -0.15) is 0 Å². The molecule has 0 aliphatic carbocycles. The molecule has 0 radical (unpaired) electrons. The fourth-order valence-electron chi connectivity index (χ4n) is 2.73. The molecular formula is C15H25BrN2O. The Hall–Kier alpha value is -0.320. The van der Waals surface area contributed by atoms with Crippen LogP contribution >= 0.6 is 15.9 Å². The number of rotatable bonds is 7. The molecular weight excluding hydrogens is 304 g/mol. The first-order valence-corrected chi connectivity index (χ1v) is 8.22. The largest absolute Gasteiger partial charge is 0.453 e. The first kappa shape index (κ1) is 15.1. The van der Waals surface area contributed by atoms with E-state index in [9.17, 15) is 0 Å². The predicted molar refractivity (Wildman–Crippen MR) is 82.3 cm³/mol. The summed E-state index contributed by atoms with van der Waals surface area (Å²) >= 11 is 3.39. The second kappa shape index (κ2) is 7.46. The molecule has 3 nitrogen and oxygen atoms in total. The van der Waals surface area contributed by atoms with Gasteiger partial charge in [0.05, 0.1) is 6.04 Å². The fourth-order valence-corrected chi connectivity index (χ4v) is 3.05. The van der Waals surface area contributed by atoms with Gasteiger partial charge in [0.1, 0.15) is 5.76 Å². The van der Waals surface area contributed by atoms with E-state index >= 15 is 0 Å². The predicted octanol–water partition coefficient (Wildman–Crippen LogP) is 3.96. The lowest BCUT2D eigenvalue weighted by molar-refractivity contribution is 0.169. The van der Waals surface area contributed by atoms with Crippen molar-refractivity contribution in [2.45, 2.75) is 51.6 Å². The van der Waals surface area contributed by atoms with Crippen molar-refractivity contribution in [2.24, 2.45) is 0 Å². The zero-order chi connectivity index (χ0) is 13.7. The maximum atomic E-state index is 5.73. The summed E-state index contributed by atoms with van der Waals surface area (Å²) in [6, 6.07) is 5.06. The normalized spacial score (nSPS) is 21.2. The maximum absolute atomic E-state index is 5.73. The zero-order valence-electron chi connectivity index (χ0n) is 12.0. The minimum atomic E-state index is 0.347. The van der Waals surface area contributed by atoms with Crippen LogP contribution in [0.2, 0.25) is 0 Å². The minimum absolute atomic E-state index is 0.347. The van der Waals surface area contributed by atoms with Crippen LogP contribution in [0, 0.1) is 0 Å². The van der Waals surface area contributed by atoms with Crippen LogP contribution in [0.1, 0.15) is 51.3 Å². The van der Waals surface area contributed by atoms with Gasteiger partial charge in [-0.25, -0.2) is 0 Å². The first-order valence-electron chi connectivity index (χ1n) is 7.43. The lowest BCUT2D eigenvalue weighted by atomic mass is 10.1. The number of unbranched alkanes of at least 4 members (excludes halogenated alkanes) is 1. The first-order chi connectivity index (χ1) is 9.20. The molecule has 1 aromatic heterocycles. The molecule has 4 heteroatoms. The van der Waals surface area contributed by atoms with Crippen molar-refractivity contribution < 1.29 is 4.42 Å². The fraction of sp³-hybridized carbons (Fsp3) is 0.733. The smallest absolute Gasteiger partial charge is 0.169 e. The van der Waals surface area contributed by atoms with Crippen molar-refractivity contribution in [3.63, 3.8) is 0 Å². The number of furan rings is 1. The average Bonchev–Trinajstić information content (AvgIpc) is 3.05. The van der Waals surface area contributed by atoms with E-state index in [1.165, 1.54) is 32.2 Å². The van der Waals surface area contributed by atoms with Gasteiger partial charge in [0.25, 0.3) is 0 Å². The molecule has 0 aromatic carbocycles. The Kier molecular flexibility index (Phi) is 5.92. The van der Waals surface area contributed by atoms with Crippen molar-refractivity contribution in [1.82, 2.24) is 10.2 Å². The van der Waals surface area contributed by atoms with Gasteiger partial charge in [0.2, 0.25) is 0 Å². The van der Waals surface area contributed by atoms with Crippen LogP contribution in [0.5, 0.6) is 0 Å². The number of hydrogen-bond acceptors (Lipinski definition) is 3. The maximum Gasteiger partial charge on any atom is 0.169 e. The monoisotopic (exact) mass is 328 g/mol. The molecule has 1 aliphatic heterocycles. The zero-order valence-corrected chi connectivity index (χ0v) is 13.6. The Morgan fingerprint density at radius 2 is 2.37 bits per heavy atom. The van der Waals surface area contributed by atoms with Crippen LogP contribution in [0.25, 0.3) is 0 Å². The quantitative estimate of drug-likeness (QED) is 0.821. The molecule has 108 valence electrons. The van der Waals surface area contributed by atoms with Crippen molar-refractivity contribution in [3.8, 4) is 0 Å². The van der Waals surface area contributed by atoms with E-state index in [0.717, 1.165) is 23.5 Å². The van der Waals surface area contributed by atoms with Crippen LogP contribution in [-0.4, -0.2) is 30.6 Å². The summed E-state index contributed by atoms with van der Waals surface area (Å²) in [4.78, 5) is 2.55. The SMILES string of the molecule is CCCCN(CC1CCCN1)C(C)c1ccc(Br)o1. The third kappa shape index (κ3) is 4.33.